The van der Waals surface area contributed by atoms with Crippen molar-refractivity contribution in [3.05, 3.63) is 70.1 Å². The number of alkyl halides is 1. The van der Waals surface area contributed by atoms with E-state index < -0.39 is 0 Å². The molecule has 1 heterocycles. The van der Waals surface area contributed by atoms with E-state index in [4.69, 9.17) is 16.0 Å². The lowest BCUT2D eigenvalue weighted by atomic mass is 9.96. The molecule has 0 spiro atoms. The van der Waals surface area contributed by atoms with E-state index in [1.54, 1.807) is 0 Å². The maximum absolute atomic E-state index is 6.61. The minimum absolute atomic E-state index is 0.280. The van der Waals surface area contributed by atoms with E-state index in [1.807, 2.05) is 24.3 Å². The van der Waals surface area contributed by atoms with Crippen LogP contribution in [0.15, 0.2) is 57.6 Å². The second-order valence-electron chi connectivity index (χ2n) is 4.52. The van der Waals surface area contributed by atoms with Crippen LogP contribution < -0.4 is 0 Å². The highest BCUT2D eigenvalue weighted by molar-refractivity contribution is 9.10. The fourth-order valence-corrected chi connectivity index (χ4v) is 3.07. The number of furan rings is 1. The Balaban J connectivity index is 2.21. The maximum atomic E-state index is 6.61. The van der Waals surface area contributed by atoms with Crippen molar-refractivity contribution in [2.45, 2.75) is 12.3 Å². The molecule has 3 heteroatoms. The van der Waals surface area contributed by atoms with Crippen LogP contribution in [-0.4, -0.2) is 0 Å². The van der Waals surface area contributed by atoms with E-state index >= 15 is 0 Å². The van der Waals surface area contributed by atoms with Crippen molar-refractivity contribution < 1.29 is 4.42 Å². The van der Waals surface area contributed by atoms with Crippen LogP contribution in [0.5, 0.6) is 0 Å². The van der Waals surface area contributed by atoms with Gasteiger partial charge in [0, 0.05) is 0 Å². The summed E-state index contributed by atoms with van der Waals surface area (Å²) in [4.78, 5) is 0. The Bertz CT molecular complexity index is 732. The molecule has 0 aliphatic carbocycles. The third-order valence-corrected chi connectivity index (χ3v) is 4.15. The average molecular weight is 336 g/mol. The zero-order valence-electron chi connectivity index (χ0n) is 10.4. The SMILES string of the molecule is Cc1ccc2ccccc2c1C(Cl)c1ccc(Br)o1. The van der Waals surface area contributed by atoms with Gasteiger partial charge in [-0.1, -0.05) is 36.4 Å². The van der Waals surface area contributed by atoms with Gasteiger partial charge in [0.05, 0.1) is 0 Å². The Labute approximate surface area is 125 Å². The number of rotatable bonds is 2. The Morgan fingerprint density at radius 1 is 1.05 bits per heavy atom. The zero-order valence-corrected chi connectivity index (χ0v) is 12.7. The van der Waals surface area contributed by atoms with Gasteiger partial charge in [0.1, 0.15) is 11.1 Å². The van der Waals surface area contributed by atoms with Crippen LogP contribution >= 0.6 is 27.5 Å². The van der Waals surface area contributed by atoms with Gasteiger partial charge < -0.3 is 4.42 Å². The molecule has 0 N–H and O–H groups in total. The van der Waals surface area contributed by atoms with E-state index in [1.165, 1.54) is 16.3 Å². The second-order valence-corrected chi connectivity index (χ2v) is 5.74. The highest BCUT2D eigenvalue weighted by Crippen LogP contribution is 2.37. The summed E-state index contributed by atoms with van der Waals surface area (Å²) < 4.78 is 6.29. The molecular weight excluding hydrogens is 324 g/mol. The van der Waals surface area contributed by atoms with E-state index in [9.17, 15) is 0 Å². The summed E-state index contributed by atoms with van der Waals surface area (Å²) >= 11 is 9.93. The molecule has 3 aromatic rings. The summed E-state index contributed by atoms with van der Waals surface area (Å²) in [5.41, 5.74) is 2.29. The Morgan fingerprint density at radius 3 is 2.58 bits per heavy atom. The quantitative estimate of drug-likeness (QED) is 0.537. The summed E-state index contributed by atoms with van der Waals surface area (Å²) in [6.45, 7) is 2.08. The van der Waals surface area contributed by atoms with Gasteiger partial charge in [-0.25, -0.2) is 0 Å². The Hall–Kier alpha value is -1.25. The van der Waals surface area contributed by atoms with Crippen molar-refractivity contribution >= 4 is 38.3 Å². The predicted octanol–water partition coefficient (Wildman–Crippen LogP) is 5.83. The molecule has 1 atom stereocenters. The number of benzene rings is 2. The first-order valence-electron chi connectivity index (χ1n) is 6.04. The highest BCUT2D eigenvalue weighted by Gasteiger charge is 2.19. The number of aryl methyl sites for hydroxylation is 1. The summed E-state index contributed by atoms with van der Waals surface area (Å²) in [6.07, 6.45) is 0. The van der Waals surface area contributed by atoms with E-state index in [0.717, 1.165) is 11.3 Å². The van der Waals surface area contributed by atoms with Gasteiger partial charge in [-0.3, -0.25) is 0 Å². The topological polar surface area (TPSA) is 13.1 Å². The molecule has 1 nitrogen and oxygen atoms in total. The van der Waals surface area contributed by atoms with E-state index in [-0.39, 0.29) is 5.38 Å². The van der Waals surface area contributed by atoms with Crippen LogP contribution in [0.3, 0.4) is 0 Å². The zero-order chi connectivity index (χ0) is 13.4. The number of hydrogen-bond donors (Lipinski definition) is 0. The van der Waals surface area contributed by atoms with Crippen LogP contribution in [0.25, 0.3) is 10.8 Å². The van der Waals surface area contributed by atoms with Crippen LogP contribution in [-0.2, 0) is 0 Å². The first-order valence-corrected chi connectivity index (χ1v) is 7.27. The van der Waals surface area contributed by atoms with Crippen molar-refractivity contribution in [2.24, 2.45) is 0 Å². The summed E-state index contributed by atoms with van der Waals surface area (Å²) in [6, 6.07) is 16.3. The molecule has 3 rings (SSSR count). The van der Waals surface area contributed by atoms with Gasteiger partial charge in [-0.15, -0.1) is 11.6 Å². The van der Waals surface area contributed by atoms with Crippen molar-refractivity contribution in [3.8, 4) is 0 Å². The second kappa shape index (κ2) is 5.03. The fraction of sp³-hybridized carbons (Fsp3) is 0.125. The van der Waals surface area contributed by atoms with Gasteiger partial charge in [0.15, 0.2) is 4.67 Å². The van der Waals surface area contributed by atoms with Gasteiger partial charge in [0.2, 0.25) is 0 Å². The van der Waals surface area contributed by atoms with Gasteiger partial charge in [0.25, 0.3) is 0 Å². The summed E-state index contributed by atoms with van der Waals surface area (Å²) in [7, 11) is 0. The monoisotopic (exact) mass is 334 g/mol. The standard InChI is InChI=1S/C16H12BrClO/c1-10-6-7-11-4-2-3-5-12(11)15(10)16(18)13-8-9-14(17)19-13/h2-9,16H,1H3. The molecular formula is C16H12BrClO. The number of fused-ring (bicyclic) bond motifs is 1. The molecule has 1 unspecified atom stereocenters. The number of hydrogen-bond acceptors (Lipinski definition) is 1. The van der Waals surface area contributed by atoms with Gasteiger partial charge in [-0.05, 0) is 56.9 Å². The first-order chi connectivity index (χ1) is 9.16. The summed E-state index contributed by atoms with van der Waals surface area (Å²) in [5.74, 6) is 0.757. The Kier molecular flexibility index (Phi) is 3.38. The fourth-order valence-electron chi connectivity index (χ4n) is 2.35. The van der Waals surface area contributed by atoms with Crippen molar-refractivity contribution in [3.63, 3.8) is 0 Å². The average Bonchev–Trinajstić information content (AvgIpc) is 2.85. The Morgan fingerprint density at radius 2 is 1.84 bits per heavy atom. The van der Waals surface area contributed by atoms with Crippen molar-refractivity contribution in [1.82, 2.24) is 0 Å². The summed E-state index contributed by atoms with van der Waals surface area (Å²) in [5, 5.41) is 2.09. The molecule has 1 aromatic heterocycles. The van der Waals surface area contributed by atoms with Crippen LogP contribution in [0.1, 0.15) is 22.3 Å². The normalized spacial score (nSPS) is 12.8. The predicted molar refractivity (Wildman–Crippen MR) is 82.8 cm³/mol. The molecule has 0 radical (unpaired) electrons. The molecule has 0 aliphatic heterocycles. The van der Waals surface area contributed by atoms with Crippen molar-refractivity contribution in [1.29, 1.82) is 0 Å². The van der Waals surface area contributed by atoms with Crippen LogP contribution in [0.2, 0.25) is 0 Å². The largest absolute Gasteiger partial charge is 0.452 e. The molecule has 0 saturated carbocycles. The van der Waals surface area contributed by atoms with Gasteiger partial charge >= 0.3 is 0 Å². The molecule has 0 saturated heterocycles. The van der Waals surface area contributed by atoms with E-state index in [0.29, 0.717) is 4.67 Å². The lowest BCUT2D eigenvalue weighted by Gasteiger charge is -2.14. The molecule has 0 bridgehead atoms. The minimum atomic E-state index is -0.280. The third-order valence-electron chi connectivity index (χ3n) is 3.29. The van der Waals surface area contributed by atoms with Gasteiger partial charge in [-0.2, -0.15) is 0 Å². The first kappa shape index (κ1) is 12.8. The third kappa shape index (κ3) is 2.31. The number of halogens is 2. The lowest BCUT2D eigenvalue weighted by molar-refractivity contribution is 0.494. The molecule has 96 valence electrons. The van der Waals surface area contributed by atoms with Crippen LogP contribution in [0.4, 0.5) is 0 Å². The molecule has 19 heavy (non-hydrogen) atoms. The molecule has 0 aliphatic rings. The molecule has 0 amide bonds. The van der Waals surface area contributed by atoms with Crippen LogP contribution in [0, 0.1) is 6.92 Å². The smallest absolute Gasteiger partial charge is 0.169 e. The minimum Gasteiger partial charge on any atom is -0.452 e. The molecule has 2 aromatic carbocycles. The van der Waals surface area contributed by atoms with Crippen molar-refractivity contribution in [2.75, 3.05) is 0 Å². The van der Waals surface area contributed by atoms with E-state index in [2.05, 4.69) is 47.1 Å². The highest BCUT2D eigenvalue weighted by atomic mass is 79.9. The lowest BCUT2D eigenvalue weighted by Crippen LogP contribution is -1.96. The molecule has 0 fully saturated rings. The maximum Gasteiger partial charge on any atom is 0.169 e.